The highest BCUT2D eigenvalue weighted by Crippen LogP contribution is 2.21. The third-order valence-electron chi connectivity index (χ3n) is 3.88. The molecule has 0 spiro atoms. The zero-order chi connectivity index (χ0) is 20.5. The number of aryl methyl sites for hydroxylation is 1. The molecular weight excluding hydrogens is 378 g/mol. The number of benzene rings is 1. The largest absolute Gasteiger partial charge is 0.462 e. The second-order valence-corrected chi connectivity index (χ2v) is 7.52. The van der Waals surface area contributed by atoms with Gasteiger partial charge in [-0.25, -0.2) is 9.78 Å². The van der Waals surface area contributed by atoms with Crippen molar-refractivity contribution in [3.63, 3.8) is 0 Å². The molecule has 0 saturated heterocycles. The number of aromatic nitrogens is 2. The number of anilines is 1. The number of hydrogen-bond donors (Lipinski definition) is 2. The first-order chi connectivity index (χ1) is 13.4. The highest BCUT2D eigenvalue weighted by Gasteiger charge is 2.17. The Balaban J connectivity index is 1.98. The Labute approximate surface area is 168 Å². The molecule has 0 radical (unpaired) electrons. The summed E-state index contributed by atoms with van der Waals surface area (Å²) in [5, 5.41) is 2.76. The van der Waals surface area contributed by atoms with Crippen molar-refractivity contribution < 1.29 is 14.3 Å². The van der Waals surface area contributed by atoms with Gasteiger partial charge in [-0.3, -0.25) is 9.59 Å². The summed E-state index contributed by atoms with van der Waals surface area (Å²) in [6, 6.07) is 7.99. The van der Waals surface area contributed by atoms with Gasteiger partial charge in [0.05, 0.1) is 17.4 Å². The molecule has 1 amide bonds. The number of nitrogens with one attached hydrogen (secondary N) is 2. The van der Waals surface area contributed by atoms with Crippen LogP contribution in [0.2, 0.25) is 0 Å². The molecule has 7 nitrogen and oxygen atoms in total. The second-order valence-electron chi connectivity index (χ2n) is 6.19. The van der Waals surface area contributed by atoms with Gasteiger partial charge in [0.15, 0.2) is 5.16 Å². The van der Waals surface area contributed by atoms with Crippen molar-refractivity contribution >= 4 is 29.3 Å². The minimum absolute atomic E-state index is 0.217. The van der Waals surface area contributed by atoms with E-state index < -0.39 is 11.2 Å². The first kappa shape index (κ1) is 21.7. The lowest BCUT2D eigenvalue weighted by Gasteiger charge is -2.12. The van der Waals surface area contributed by atoms with Crippen LogP contribution in [0, 0.1) is 0 Å². The number of ether oxygens (including phenoxy) is 1. The molecule has 2 N–H and O–H groups in total. The van der Waals surface area contributed by atoms with Crippen molar-refractivity contribution in [2.45, 2.75) is 50.4 Å². The summed E-state index contributed by atoms with van der Waals surface area (Å²) < 4.78 is 4.93. The Kier molecular flexibility index (Phi) is 8.25. The van der Waals surface area contributed by atoms with E-state index in [1.54, 1.807) is 38.1 Å². The average molecular weight is 404 g/mol. The summed E-state index contributed by atoms with van der Waals surface area (Å²) in [7, 11) is 0. The minimum atomic E-state index is -0.464. The number of aromatic amines is 1. The van der Waals surface area contributed by atoms with Crippen molar-refractivity contribution in [3.8, 4) is 0 Å². The molecule has 2 rings (SSSR count). The van der Waals surface area contributed by atoms with Crippen LogP contribution in [0.4, 0.5) is 5.69 Å². The van der Waals surface area contributed by atoms with E-state index in [-0.39, 0.29) is 11.5 Å². The van der Waals surface area contributed by atoms with E-state index in [0.717, 1.165) is 25.0 Å². The Morgan fingerprint density at radius 1 is 1.25 bits per heavy atom. The third-order valence-corrected chi connectivity index (χ3v) is 4.86. The van der Waals surface area contributed by atoms with E-state index in [1.165, 1.54) is 17.8 Å². The van der Waals surface area contributed by atoms with Crippen molar-refractivity contribution in [2.75, 3.05) is 11.9 Å². The van der Waals surface area contributed by atoms with E-state index >= 15 is 0 Å². The number of esters is 1. The number of amides is 1. The van der Waals surface area contributed by atoms with Crippen LogP contribution >= 0.6 is 11.8 Å². The van der Waals surface area contributed by atoms with Crippen molar-refractivity contribution in [1.82, 2.24) is 9.97 Å². The molecular formula is C20H25N3O4S. The van der Waals surface area contributed by atoms with Crippen LogP contribution in [0.5, 0.6) is 0 Å². The van der Waals surface area contributed by atoms with Crippen LogP contribution in [-0.2, 0) is 16.0 Å². The number of nitrogens with zero attached hydrogens (tertiary/aromatic N) is 1. The van der Waals surface area contributed by atoms with Crippen molar-refractivity contribution in [1.29, 1.82) is 0 Å². The topological polar surface area (TPSA) is 101 Å². The quantitative estimate of drug-likeness (QED) is 0.378. The number of rotatable bonds is 9. The van der Waals surface area contributed by atoms with Gasteiger partial charge in [0.1, 0.15) is 0 Å². The van der Waals surface area contributed by atoms with E-state index in [9.17, 15) is 14.4 Å². The number of carbonyl (C=O) groups excluding carboxylic acids is 2. The summed E-state index contributed by atoms with van der Waals surface area (Å²) in [5.41, 5.74) is 1.51. The SMILES string of the molecule is CCCCc1cc(=O)[nH]c(SC(C)C(=O)Nc2ccc(C(=O)OCC)cc2)n1. The van der Waals surface area contributed by atoms with Gasteiger partial charge in [0, 0.05) is 17.4 Å². The number of carbonyl (C=O) groups is 2. The van der Waals surface area contributed by atoms with Crippen LogP contribution in [-0.4, -0.2) is 33.7 Å². The highest BCUT2D eigenvalue weighted by molar-refractivity contribution is 8.00. The fourth-order valence-corrected chi connectivity index (χ4v) is 3.22. The lowest BCUT2D eigenvalue weighted by molar-refractivity contribution is -0.115. The summed E-state index contributed by atoms with van der Waals surface area (Å²) in [4.78, 5) is 43.0. The number of unbranched alkanes of at least 4 members (excludes halogenated alkanes) is 1. The van der Waals surface area contributed by atoms with Gasteiger partial charge >= 0.3 is 5.97 Å². The maximum atomic E-state index is 12.4. The molecule has 28 heavy (non-hydrogen) atoms. The number of thioether (sulfide) groups is 1. The summed E-state index contributed by atoms with van der Waals surface area (Å²) in [5.74, 6) is -0.627. The third kappa shape index (κ3) is 6.53. The van der Waals surface area contributed by atoms with Crippen LogP contribution in [0.1, 0.15) is 49.7 Å². The highest BCUT2D eigenvalue weighted by atomic mass is 32.2. The Morgan fingerprint density at radius 2 is 1.96 bits per heavy atom. The molecule has 0 aliphatic heterocycles. The monoisotopic (exact) mass is 403 g/mol. The number of H-pyrrole nitrogens is 1. The Bertz CT molecular complexity index is 864. The van der Waals surface area contributed by atoms with E-state index in [1.807, 2.05) is 0 Å². The predicted octanol–water partition coefficient (Wildman–Crippen LogP) is 3.41. The summed E-state index contributed by atoms with van der Waals surface area (Å²) >= 11 is 1.19. The van der Waals surface area contributed by atoms with Crippen LogP contribution in [0.3, 0.4) is 0 Å². The molecule has 1 aromatic heterocycles. The van der Waals surface area contributed by atoms with Gasteiger partial charge < -0.3 is 15.0 Å². The van der Waals surface area contributed by atoms with Gasteiger partial charge in [0.25, 0.3) is 5.56 Å². The van der Waals surface area contributed by atoms with Crippen LogP contribution in [0.15, 0.2) is 40.3 Å². The fraction of sp³-hybridized carbons (Fsp3) is 0.400. The van der Waals surface area contributed by atoms with Crippen molar-refractivity contribution in [2.24, 2.45) is 0 Å². The minimum Gasteiger partial charge on any atom is -0.462 e. The molecule has 0 aliphatic carbocycles. The van der Waals surface area contributed by atoms with Gasteiger partial charge in [-0.2, -0.15) is 0 Å². The summed E-state index contributed by atoms with van der Waals surface area (Å²) in [6.45, 7) is 5.87. The first-order valence-corrected chi connectivity index (χ1v) is 10.2. The normalized spacial score (nSPS) is 11.7. The van der Waals surface area contributed by atoms with E-state index in [2.05, 4.69) is 22.2 Å². The first-order valence-electron chi connectivity index (χ1n) is 9.27. The van der Waals surface area contributed by atoms with E-state index in [4.69, 9.17) is 4.74 Å². The maximum Gasteiger partial charge on any atom is 0.338 e. The van der Waals surface area contributed by atoms with Gasteiger partial charge in [-0.05, 0) is 51.0 Å². The molecule has 1 heterocycles. The molecule has 1 aromatic carbocycles. The maximum absolute atomic E-state index is 12.4. The zero-order valence-corrected chi connectivity index (χ0v) is 17.1. The average Bonchev–Trinajstić information content (AvgIpc) is 2.66. The lowest BCUT2D eigenvalue weighted by Crippen LogP contribution is -2.23. The van der Waals surface area contributed by atoms with Crippen molar-refractivity contribution in [3.05, 3.63) is 51.9 Å². The molecule has 2 aromatic rings. The lowest BCUT2D eigenvalue weighted by atomic mass is 10.2. The second kappa shape index (κ2) is 10.7. The predicted molar refractivity (Wildman–Crippen MR) is 110 cm³/mol. The van der Waals surface area contributed by atoms with E-state index in [0.29, 0.717) is 23.0 Å². The molecule has 0 bridgehead atoms. The molecule has 1 atom stereocenters. The molecule has 0 aliphatic rings. The fourth-order valence-electron chi connectivity index (χ4n) is 2.39. The number of hydrogen-bond acceptors (Lipinski definition) is 6. The van der Waals surface area contributed by atoms with Crippen LogP contribution in [0.25, 0.3) is 0 Å². The molecule has 0 fully saturated rings. The Morgan fingerprint density at radius 3 is 2.61 bits per heavy atom. The van der Waals surface area contributed by atoms with Gasteiger partial charge in [-0.1, -0.05) is 25.1 Å². The summed E-state index contributed by atoms with van der Waals surface area (Å²) in [6.07, 6.45) is 2.71. The molecule has 0 saturated carbocycles. The van der Waals surface area contributed by atoms with Gasteiger partial charge in [-0.15, -0.1) is 0 Å². The molecule has 8 heteroatoms. The smallest absolute Gasteiger partial charge is 0.338 e. The zero-order valence-electron chi connectivity index (χ0n) is 16.3. The van der Waals surface area contributed by atoms with Gasteiger partial charge in [0.2, 0.25) is 5.91 Å². The molecule has 150 valence electrons. The van der Waals surface area contributed by atoms with Crippen LogP contribution < -0.4 is 10.9 Å². The Hall–Kier alpha value is -2.61. The standard InChI is InChI=1S/C20H25N3O4S/c1-4-6-7-16-12-17(24)23-20(22-16)28-13(3)18(25)21-15-10-8-14(9-11-15)19(26)27-5-2/h8-13H,4-7H2,1-3H3,(H,21,25)(H,22,23,24). The molecule has 1 unspecified atom stereocenters.